The normalized spacial score (nSPS) is 16.0. The fraction of sp³-hybridized carbons (Fsp3) is 0.115. The number of hydrogen-bond acceptors (Lipinski definition) is 4. The van der Waals surface area contributed by atoms with Crippen molar-refractivity contribution in [2.75, 3.05) is 4.90 Å². The van der Waals surface area contributed by atoms with Crippen molar-refractivity contribution < 1.29 is 18.1 Å². The number of benzene rings is 3. The molecule has 35 heavy (non-hydrogen) atoms. The molecule has 3 aromatic carbocycles. The van der Waals surface area contributed by atoms with E-state index in [0.29, 0.717) is 27.7 Å². The molecule has 0 fully saturated rings. The van der Waals surface area contributed by atoms with E-state index < -0.39 is 23.7 Å². The van der Waals surface area contributed by atoms with Gasteiger partial charge in [-0.25, -0.2) is 13.6 Å². The van der Waals surface area contributed by atoms with Crippen molar-refractivity contribution in [3.8, 4) is 11.4 Å². The number of nitrogens with zero attached hydrogens (tertiary/aromatic N) is 3. The summed E-state index contributed by atoms with van der Waals surface area (Å²) in [6, 6.07) is 16.7. The molecule has 1 aromatic heterocycles. The predicted molar refractivity (Wildman–Crippen MR) is 129 cm³/mol. The summed E-state index contributed by atoms with van der Waals surface area (Å²) in [5.41, 5.74) is 3.58. The average molecular weight is 493 g/mol. The maximum Gasteiger partial charge on any atom is 0.327 e. The van der Waals surface area contributed by atoms with Crippen LogP contribution in [0.1, 0.15) is 30.0 Å². The predicted octanol–water partition coefficient (Wildman–Crippen LogP) is 6.68. The van der Waals surface area contributed by atoms with Gasteiger partial charge in [-0.2, -0.15) is 4.98 Å². The molecule has 1 unspecified atom stereocenters. The van der Waals surface area contributed by atoms with E-state index in [4.69, 9.17) is 16.1 Å². The van der Waals surface area contributed by atoms with Gasteiger partial charge in [0, 0.05) is 22.3 Å². The molecule has 9 heteroatoms. The summed E-state index contributed by atoms with van der Waals surface area (Å²) in [5.74, 6) is -1.52. The van der Waals surface area contributed by atoms with Gasteiger partial charge >= 0.3 is 6.03 Å². The zero-order valence-electron chi connectivity index (χ0n) is 18.7. The maximum atomic E-state index is 14.0. The van der Waals surface area contributed by atoms with E-state index in [9.17, 15) is 13.6 Å². The first-order chi connectivity index (χ1) is 16.8. The summed E-state index contributed by atoms with van der Waals surface area (Å²) in [7, 11) is 0. The number of aromatic nitrogens is 2. The summed E-state index contributed by atoms with van der Waals surface area (Å²) in [6.07, 6.45) is 0. The summed E-state index contributed by atoms with van der Waals surface area (Å²) < 4.78 is 33.2. The van der Waals surface area contributed by atoms with Crippen LogP contribution in [0.15, 0.2) is 77.0 Å². The Morgan fingerprint density at radius 1 is 1.00 bits per heavy atom. The minimum atomic E-state index is -1.07. The van der Waals surface area contributed by atoms with E-state index in [-0.39, 0.29) is 11.6 Å². The fourth-order valence-corrected chi connectivity index (χ4v) is 4.32. The monoisotopic (exact) mass is 492 g/mol. The lowest BCUT2D eigenvalue weighted by atomic mass is 9.94. The van der Waals surface area contributed by atoms with Crippen molar-refractivity contribution in [2.45, 2.75) is 19.9 Å². The van der Waals surface area contributed by atoms with Gasteiger partial charge in [0.15, 0.2) is 11.6 Å². The van der Waals surface area contributed by atoms with Crippen molar-refractivity contribution in [1.82, 2.24) is 15.5 Å². The van der Waals surface area contributed by atoms with Crippen molar-refractivity contribution in [2.24, 2.45) is 0 Å². The van der Waals surface area contributed by atoms with Gasteiger partial charge < -0.3 is 9.84 Å². The number of urea groups is 1. The zero-order chi connectivity index (χ0) is 24.7. The van der Waals surface area contributed by atoms with Crippen molar-refractivity contribution in [3.05, 3.63) is 106 Å². The van der Waals surface area contributed by atoms with Crippen LogP contribution in [0.5, 0.6) is 0 Å². The molecule has 1 atom stereocenters. The highest BCUT2D eigenvalue weighted by molar-refractivity contribution is 6.30. The van der Waals surface area contributed by atoms with Gasteiger partial charge in [0.1, 0.15) is 0 Å². The Hall–Kier alpha value is -4.04. The first-order valence-corrected chi connectivity index (χ1v) is 11.1. The van der Waals surface area contributed by atoms with E-state index in [2.05, 4.69) is 15.5 Å². The second kappa shape index (κ2) is 8.96. The van der Waals surface area contributed by atoms with Crippen LogP contribution in [0.2, 0.25) is 5.02 Å². The Morgan fingerprint density at radius 2 is 1.80 bits per heavy atom. The molecule has 0 aliphatic carbocycles. The van der Waals surface area contributed by atoms with Crippen LogP contribution >= 0.6 is 11.6 Å². The van der Waals surface area contributed by atoms with Crippen molar-refractivity contribution in [1.29, 1.82) is 0 Å². The molecule has 6 nitrogen and oxygen atoms in total. The minimum Gasteiger partial charge on any atom is -0.334 e. The van der Waals surface area contributed by atoms with Gasteiger partial charge in [0.25, 0.3) is 5.89 Å². The van der Waals surface area contributed by atoms with Gasteiger partial charge in [-0.1, -0.05) is 52.7 Å². The van der Waals surface area contributed by atoms with Gasteiger partial charge in [-0.15, -0.1) is 0 Å². The second-order valence-electron chi connectivity index (χ2n) is 8.16. The third kappa shape index (κ3) is 4.28. The minimum absolute atomic E-state index is 0.152. The van der Waals surface area contributed by atoms with E-state index in [1.165, 1.54) is 11.0 Å². The smallest absolute Gasteiger partial charge is 0.327 e. The number of amides is 2. The lowest BCUT2D eigenvalue weighted by molar-refractivity contribution is 0.244. The third-order valence-electron chi connectivity index (χ3n) is 5.76. The van der Waals surface area contributed by atoms with Crippen LogP contribution in [-0.2, 0) is 0 Å². The number of allylic oxidation sites excluding steroid dienone is 1. The van der Waals surface area contributed by atoms with Crippen LogP contribution in [0, 0.1) is 18.6 Å². The summed E-state index contributed by atoms with van der Waals surface area (Å²) in [5, 5.41) is 7.53. The Kier molecular flexibility index (Phi) is 5.82. The molecule has 5 rings (SSSR count). The van der Waals surface area contributed by atoms with Crippen LogP contribution < -0.4 is 10.2 Å². The third-order valence-corrected chi connectivity index (χ3v) is 6.00. The number of anilines is 1. The topological polar surface area (TPSA) is 71.3 Å². The van der Waals surface area contributed by atoms with Crippen LogP contribution in [0.4, 0.5) is 19.3 Å². The maximum absolute atomic E-state index is 14.0. The van der Waals surface area contributed by atoms with Gasteiger partial charge in [-0.3, -0.25) is 4.90 Å². The first kappa shape index (κ1) is 22.7. The molecule has 0 radical (unpaired) electrons. The number of hydrogen-bond donors (Lipinski definition) is 1. The molecule has 0 saturated carbocycles. The van der Waals surface area contributed by atoms with Gasteiger partial charge in [0.2, 0.25) is 5.82 Å². The fourth-order valence-electron chi connectivity index (χ4n) is 4.13. The molecular weight excluding hydrogens is 474 g/mol. The molecule has 0 bridgehead atoms. The molecule has 0 spiro atoms. The number of aryl methyl sites for hydroxylation is 1. The highest BCUT2D eigenvalue weighted by Gasteiger charge is 2.36. The van der Waals surface area contributed by atoms with Crippen LogP contribution in [0.25, 0.3) is 17.0 Å². The number of carbonyl (C=O) groups is 1. The van der Waals surface area contributed by atoms with Crippen LogP contribution in [0.3, 0.4) is 0 Å². The number of halogens is 3. The van der Waals surface area contributed by atoms with Gasteiger partial charge in [0.05, 0.1) is 17.3 Å². The Morgan fingerprint density at radius 3 is 2.54 bits per heavy atom. The molecule has 2 amide bonds. The summed E-state index contributed by atoms with van der Waals surface area (Å²) in [4.78, 5) is 19.0. The Bertz CT molecular complexity index is 1480. The molecule has 1 N–H and O–H groups in total. The summed E-state index contributed by atoms with van der Waals surface area (Å²) >= 11 is 6.22. The lowest BCUT2D eigenvalue weighted by Crippen LogP contribution is -2.46. The number of carbonyl (C=O) groups excluding carboxylic acids is 1. The summed E-state index contributed by atoms with van der Waals surface area (Å²) in [6.45, 7) is 3.64. The number of rotatable bonds is 4. The van der Waals surface area contributed by atoms with Crippen molar-refractivity contribution >= 4 is 28.9 Å². The molecule has 4 aromatic rings. The standard InChI is InChI=1S/C26H19ClF2N4O2/c1-14-5-3-7-17(11-14)24-31-25(35-32-24)22-15(2)33(19-9-10-20(28)21(29)13-19)26(34)30-23(22)16-6-4-8-18(27)12-16/h3-13,23H,1-2H3,(H,30,34). The Labute approximate surface area is 204 Å². The Balaban J connectivity index is 1.67. The first-order valence-electron chi connectivity index (χ1n) is 10.7. The average Bonchev–Trinajstić information content (AvgIpc) is 3.31. The van der Waals surface area contributed by atoms with E-state index in [1.54, 1.807) is 25.1 Å². The van der Waals surface area contributed by atoms with Crippen LogP contribution in [-0.4, -0.2) is 16.2 Å². The molecule has 1 aliphatic heterocycles. The number of nitrogens with one attached hydrogen (secondary N) is 1. The zero-order valence-corrected chi connectivity index (χ0v) is 19.5. The highest BCUT2D eigenvalue weighted by atomic mass is 35.5. The molecule has 176 valence electrons. The largest absolute Gasteiger partial charge is 0.334 e. The lowest BCUT2D eigenvalue weighted by Gasteiger charge is -2.35. The SMILES string of the molecule is CC1=C(c2nc(-c3cccc(C)c3)no2)C(c2cccc(Cl)c2)NC(=O)N1c1ccc(F)c(F)c1. The van der Waals surface area contributed by atoms with E-state index in [1.807, 2.05) is 37.3 Å². The van der Waals surface area contributed by atoms with E-state index >= 15 is 0 Å². The molecule has 1 aliphatic rings. The second-order valence-corrected chi connectivity index (χ2v) is 8.60. The molecular formula is C26H19ClF2N4O2. The van der Waals surface area contributed by atoms with Crippen molar-refractivity contribution in [3.63, 3.8) is 0 Å². The molecule has 2 heterocycles. The molecule has 0 saturated heterocycles. The van der Waals surface area contributed by atoms with E-state index in [0.717, 1.165) is 23.3 Å². The van der Waals surface area contributed by atoms with Gasteiger partial charge in [-0.05, 0) is 49.7 Å². The highest BCUT2D eigenvalue weighted by Crippen LogP contribution is 2.39. The quantitative estimate of drug-likeness (QED) is 0.345.